The summed E-state index contributed by atoms with van der Waals surface area (Å²) in [5.41, 5.74) is 0. The van der Waals surface area contributed by atoms with Gasteiger partial charge in [0.25, 0.3) is 0 Å². The van der Waals surface area contributed by atoms with E-state index >= 15 is 0 Å². The molecule has 0 aliphatic heterocycles. The molecule has 0 saturated carbocycles. The van der Waals surface area contributed by atoms with Gasteiger partial charge in [-0.2, -0.15) is 0 Å². The van der Waals surface area contributed by atoms with Gasteiger partial charge in [-0.3, -0.25) is 4.79 Å². The largest absolute Gasteiger partial charge is 0.494 e. The van der Waals surface area contributed by atoms with Gasteiger partial charge in [0.15, 0.2) is 0 Å². The summed E-state index contributed by atoms with van der Waals surface area (Å²) in [5, 5.41) is 2.60. The fraction of sp³-hybridized carbons (Fsp3) is 0.308. The Bertz CT molecular complexity index is 395. The second-order valence-corrected chi connectivity index (χ2v) is 4.30. The predicted molar refractivity (Wildman–Crippen MR) is 70.7 cm³/mol. The minimum Gasteiger partial charge on any atom is -0.494 e. The quantitative estimate of drug-likeness (QED) is 0.646. The number of ether oxygens (including phenoxy) is 1. The maximum Gasteiger partial charge on any atom is 0.220 e. The van der Waals surface area contributed by atoms with Crippen molar-refractivity contribution in [2.24, 2.45) is 0 Å². The van der Waals surface area contributed by atoms with Gasteiger partial charge in [-0.15, -0.1) is 6.42 Å². The number of nitrogens with one attached hydrogen (secondary N) is 1. The van der Waals surface area contributed by atoms with Gasteiger partial charge in [0.05, 0.1) is 13.2 Å². The average molecular weight is 296 g/mol. The fourth-order valence-corrected chi connectivity index (χ4v) is 1.46. The van der Waals surface area contributed by atoms with Crippen LogP contribution in [-0.2, 0) is 4.79 Å². The van der Waals surface area contributed by atoms with Crippen LogP contribution in [0.1, 0.15) is 12.8 Å². The van der Waals surface area contributed by atoms with Gasteiger partial charge in [0.2, 0.25) is 5.91 Å². The summed E-state index contributed by atoms with van der Waals surface area (Å²) in [5.74, 6) is 3.12. The molecular weight excluding hydrogens is 282 g/mol. The first-order chi connectivity index (χ1) is 8.22. The first kappa shape index (κ1) is 13.6. The van der Waals surface area contributed by atoms with Crippen molar-refractivity contribution in [3.05, 3.63) is 28.7 Å². The molecule has 3 nitrogen and oxygen atoms in total. The molecule has 0 fully saturated rings. The third-order valence-corrected chi connectivity index (χ3v) is 2.55. The Morgan fingerprint density at radius 3 is 2.76 bits per heavy atom. The van der Waals surface area contributed by atoms with Crippen molar-refractivity contribution >= 4 is 21.8 Å². The number of halogens is 1. The highest BCUT2D eigenvalue weighted by Gasteiger charge is 1.99. The Balaban J connectivity index is 2.14. The minimum atomic E-state index is -0.0395. The van der Waals surface area contributed by atoms with Crippen molar-refractivity contribution < 1.29 is 9.53 Å². The van der Waals surface area contributed by atoms with E-state index in [-0.39, 0.29) is 12.5 Å². The standard InChI is InChI=1S/C13H14BrNO2/c1-2-9-15-13(16)4-3-10-17-12-7-5-11(14)6-8-12/h1,5-8H,3-4,9-10H2,(H,15,16). The molecule has 0 aliphatic carbocycles. The predicted octanol–water partition coefficient (Wildman–Crippen LogP) is 2.36. The van der Waals surface area contributed by atoms with Crippen LogP contribution in [0.25, 0.3) is 0 Å². The maximum atomic E-state index is 11.2. The first-order valence-electron chi connectivity index (χ1n) is 5.31. The van der Waals surface area contributed by atoms with Gasteiger partial charge in [0, 0.05) is 10.9 Å². The van der Waals surface area contributed by atoms with Crippen molar-refractivity contribution in [2.75, 3.05) is 13.2 Å². The van der Waals surface area contributed by atoms with Gasteiger partial charge in [-0.05, 0) is 30.7 Å². The fourth-order valence-electron chi connectivity index (χ4n) is 1.19. The molecule has 17 heavy (non-hydrogen) atoms. The number of hydrogen-bond donors (Lipinski definition) is 1. The lowest BCUT2D eigenvalue weighted by Crippen LogP contribution is -2.23. The van der Waals surface area contributed by atoms with Crippen LogP contribution in [0.2, 0.25) is 0 Å². The van der Waals surface area contributed by atoms with Crippen LogP contribution in [0.4, 0.5) is 0 Å². The molecule has 0 radical (unpaired) electrons. The van der Waals surface area contributed by atoms with E-state index in [0.29, 0.717) is 19.4 Å². The third-order valence-electron chi connectivity index (χ3n) is 2.02. The zero-order valence-electron chi connectivity index (χ0n) is 9.41. The maximum absolute atomic E-state index is 11.2. The molecule has 4 heteroatoms. The second kappa shape index (κ2) is 7.75. The van der Waals surface area contributed by atoms with Crippen LogP contribution < -0.4 is 10.1 Å². The van der Waals surface area contributed by atoms with Gasteiger partial charge >= 0.3 is 0 Å². The number of rotatable bonds is 6. The monoisotopic (exact) mass is 295 g/mol. The highest BCUT2D eigenvalue weighted by atomic mass is 79.9. The number of carbonyl (C=O) groups excluding carboxylic acids is 1. The molecule has 0 heterocycles. The Kier molecular flexibility index (Phi) is 6.19. The van der Waals surface area contributed by atoms with E-state index in [1.165, 1.54) is 0 Å². The molecule has 90 valence electrons. The second-order valence-electron chi connectivity index (χ2n) is 3.39. The molecule has 1 N–H and O–H groups in total. The van der Waals surface area contributed by atoms with E-state index in [0.717, 1.165) is 10.2 Å². The Morgan fingerprint density at radius 1 is 1.41 bits per heavy atom. The molecule has 0 aromatic heterocycles. The topological polar surface area (TPSA) is 38.3 Å². The normalized spacial score (nSPS) is 9.41. The molecule has 0 bridgehead atoms. The molecule has 0 saturated heterocycles. The van der Waals surface area contributed by atoms with Crippen LogP contribution in [0.3, 0.4) is 0 Å². The Labute approximate surface area is 110 Å². The van der Waals surface area contributed by atoms with E-state index in [2.05, 4.69) is 27.2 Å². The van der Waals surface area contributed by atoms with Crippen LogP contribution in [0, 0.1) is 12.3 Å². The lowest BCUT2D eigenvalue weighted by Gasteiger charge is -2.06. The SMILES string of the molecule is C#CCNC(=O)CCCOc1ccc(Br)cc1. The van der Waals surface area contributed by atoms with Crippen molar-refractivity contribution in [3.63, 3.8) is 0 Å². The van der Waals surface area contributed by atoms with E-state index in [1.54, 1.807) is 0 Å². The molecule has 0 spiro atoms. The highest BCUT2D eigenvalue weighted by Crippen LogP contribution is 2.16. The van der Waals surface area contributed by atoms with Crippen molar-refractivity contribution in [1.29, 1.82) is 0 Å². The number of carbonyl (C=O) groups is 1. The van der Waals surface area contributed by atoms with Gasteiger partial charge in [0.1, 0.15) is 5.75 Å². The van der Waals surface area contributed by atoms with Crippen LogP contribution in [0.15, 0.2) is 28.7 Å². The lowest BCUT2D eigenvalue weighted by molar-refractivity contribution is -0.121. The van der Waals surface area contributed by atoms with Crippen LogP contribution in [0.5, 0.6) is 5.75 Å². The summed E-state index contributed by atoms with van der Waals surface area (Å²) in [7, 11) is 0. The average Bonchev–Trinajstić information content (AvgIpc) is 2.34. The van der Waals surface area contributed by atoms with Gasteiger partial charge in [-0.1, -0.05) is 21.9 Å². The minimum absolute atomic E-state index is 0.0395. The van der Waals surface area contributed by atoms with Crippen molar-refractivity contribution in [2.45, 2.75) is 12.8 Å². The summed E-state index contributed by atoms with van der Waals surface area (Å²) < 4.78 is 6.49. The zero-order valence-corrected chi connectivity index (χ0v) is 11.0. The molecule has 0 unspecified atom stereocenters. The van der Waals surface area contributed by atoms with E-state index in [1.807, 2.05) is 24.3 Å². The molecule has 1 amide bonds. The van der Waals surface area contributed by atoms with Gasteiger partial charge < -0.3 is 10.1 Å². The van der Waals surface area contributed by atoms with E-state index < -0.39 is 0 Å². The molecule has 1 aromatic rings. The zero-order chi connectivity index (χ0) is 12.5. The first-order valence-corrected chi connectivity index (χ1v) is 6.10. The van der Waals surface area contributed by atoms with E-state index in [4.69, 9.17) is 11.2 Å². The van der Waals surface area contributed by atoms with Crippen LogP contribution in [-0.4, -0.2) is 19.1 Å². The number of terminal acetylenes is 1. The smallest absolute Gasteiger partial charge is 0.220 e. The number of benzene rings is 1. The molecule has 0 atom stereocenters. The van der Waals surface area contributed by atoms with E-state index in [9.17, 15) is 4.79 Å². The highest BCUT2D eigenvalue weighted by molar-refractivity contribution is 9.10. The summed E-state index contributed by atoms with van der Waals surface area (Å²) >= 11 is 3.35. The Hall–Kier alpha value is -1.47. The molecular formula is C13H14BrNO2. The molecule has 1 rings (SSSR count). The summed E-state index contributed by atoms with van der Waals surface area (Å²) in [4.78, 5) is 11.2. The third kappa shape index (κ3) is 5.98. The summed E-state index contributed by atoms with van der Waals surface area (Å²) in [6.45, 7) is 0.803. The summed E-state index contributed by atoms with van der Waals surface area (Å²) in [6.07, 6.45) is 6.13. The number of amides is 1. The van der Waals surface area contributed by atoms with Crippen LogP contribution >= 0.6 is 15.9 Å². The Morgan fingerprint density at radius 2 is 2.12 bits per heavy atom. The van der Waals surface area contributed by atoms with Crippen molar-refractivity contribution in [3.8, 4) is 18.1 Å². The summed E-state index contributed by atoms with van der Waals surface area (Å²) in [6, 6.07) is 7.58. The van der Waals surface area contributed by atoms with Crippen molar-refractivity contribution in [1.82, 2.24) is 5.32 Å². The molecule has 0 aliphatic rings. The number of hydrogen-bond acceptors (Lipinski definition) is 2. The molecule has 1 aromatic carbocycles. The van der Waals surface area contributed by atoms with Gasteiger partial charge in [-0.25, -0.2) is 0 Å². The lowest BCUT2D eigenvalue weighted by atomic mass is 10.3.